The Balaban J connectivity index is 2.20. The molecule has 0 saturated heterocycles. The van der Waals surface area contributed by atoms with Gasteiger partial charge in [-0.05, 0) is 36.5 Å². The molecule has 2 rings (SSSR count). The molecule has 0 aliphatic heterocycles. The molecule has 0 atom stereocenters. The van der Waals surface area contributed by atoms with Crippen LogP contribution >= 0.6 is 12.2 Å². The van der Waals surface area contributed by atoms with E-state index in [0.717, 1.165) is 7.11 Å². The molecule has 0 unspecified atom stereocenters. The number of thiocarbonyl (C=S) groups is 1. The molecule has 0 aliphatic rings. The van der Waals surface area contributed by atoms with Crippen LogP contribution in [0.4, 0.5) is 23.2 Å². The van der Waals surface area contributed by atoms with Crippen molar-refractivity contribution in [2.75, 3.05) is 12.4 Å². The van der Waals surface area contributed by atoms with E-state index in [1.165, 1.54) is 24.3 Å². The predicted octanol–water partition coefficient (Wildman–Crippen LogP) is 3.08. The van der Waals surface area contributed by atoms with Gasteiger partial charge in [-0.1, -0.05) is 0 Å². The number of carbonyl (C=O) groups excluding carboxylic acids is 1. The Morgan fingerprint density at radius 1 is 1.00 bits per heavy atom. The molecule has 3 N–H and O–H groups in total. The van der Waals surface area contributed by atoms with Crippen molar-refractivity contribution in [3.63, 3.8) is 0 Å². The molecule has 0 radical (unpaired) electrons. The second kappa shape index (κ2) is 7.99. The van der Waals surface area contributed by atoms with Crippen LogP contribution in [-0.2, 0) is 0 Å². The number of benzene rings is 2. The van der Waals surface area contributed by atoms with Crippen LogP contribution in [0.3, 0.4) is 0 Å². The minimum atomic E-state index is -1.95. The Bertz CT molecular complexity index is 906. The monoisotopic (exact) mass is 402 g/mol. The van der Waals surface area contributed by atoms with Crippen molar-refractivity contribution in [2.24, 2.45) is 0 Å². The van der Waals surface area contributed by atoms with Crippen LogP contribution < -0.4 is 15.4 Å². The molecule has 6 nitrogen and oxygen atoms in total. The number of carbonyl (C=O) groups is 2. The zero-order valence-corrected chi connectivity index (χ0v) is 14.2. The molecule has 11 heteroatoms. The van der Waals surface area contributed by atoms with Crippen molar-refractivity contribution in [3.8, 4) is 5.75 Å². The van der Waals surface area contributed by atoms with Gasteiger partial charge in [-0.3, -0.25) is 10.1 Å². The van der Waals surface area contributed by atoms with Gasteiger partial charge in [0.1, 0.15) is 5.56 Å². The fourth-order valence-corrected chi connectivity index (χ4v) is 2.22. The zero-order chi connectivity index (χ0) is 20.3. The van der Waals surface area contributed by atoms with E-state index < -0.39 is 51.6 Å². The van der Waals surface area contributed by atoms with Gasteiger partial charge >= 0.3 is 5.97 Å². The van der Waals surface area contributed by atoms with Gasteiger partial charge in [0, 0.05) is 5.69 Å². The fraction of sp³-hybridized carbons (Fsp3) is 0.0625. The fourth-order valence-electron chi connectivity index (χ4n) is 2.01. The van der Waals surface area contributed by atoms with Gasteiger partial charge in [-0.2, -0.15) is 8.78 Å². The Morgan fingerprint density at radius 2 is 1.52 bits per heavy atom. The van der Waals surface area contributed by atoms with E-state index in [9.17, 15) is 27.2 Å². The van der Waals surface area contributed by atoms with Crippen LogP contribution in [0.15, 0.2) is 24.3 Å². The Morgan fingerprint density at radius 3 is 1.96 bits per heavy atom. The summed E-state index contributed by atoms with van der Waals surface area (Å²) in [6, 6.07) is 5.11. The van der Waals surface area contributed by atoms with Crippen LogP contribution in [0.2, 0.25) is 0 Å². The SMILES string of the molecule is COc1c(F)c(F)c(C(=O)NC(=S)Nc2ccc(C(=O)O)cc2)c(F)c1F. The van der Waals surface area contributed by atoms with Crippen molar-refractivity contribution < 1.29 is 37.0 Å². The number of anilines is 1. The number of nitrogens with one attached hydrogen (secondary N) is 2. The number of hydrogen-bond donors (Lipinski definition) is 3. The lowest BCUT2D eigenvalue weighted by molar-refractivity contribution is 0.0696. The largest absolute Gasteiger partial charge is 0.491 e. The first-order valence-corrected chi connectivity index (χ1v) is 7.43. The molecule has 0 aromatic heterocycles. The molecular formula is C16H10F4N2O4S. The molecule has 0 bridgehead atoms. The molecular weight excluding hydrogens is 392 g/mol. The summed E-state index contributed by atoms with van der Waals surface area (Å²) >= 11 is 4.78. The zero-order valence-electron chi connectivity index (χ0n) is 13.4. The maximum Gasteiger partial charge on any atom is 0.335 e. The number of aromatic carboxylic acids is 1. The van der Waals surface area contributed by atoms with E-state index in [1.807, 2.05) is 5.32 Å². The topological polar surface area (TPSA) is 87.7 Å². The highest BCUT2D eigenvalue weighted by atomic mass is 32.1. The lowest BCUT2D eigenvalue weighted by atomic mass is 10.1. The Labute approximate surface area is 154 Å². The number of carboxylic acids is 1. The highest BCUT2D eigenvalue weighted by Gasteiger charge is 2.30. The smallest absolute Gasteiger partial charge is 0.335 e. The quantitative estimate of drug-likeness (QED) is 0.414. The second-order valence-corrected chi connectivity index (χ2v) is 5.36. The van der Waals surface area contributed by atoms with Gasteiger partial charge in [0.2, 0.25) is 11.6 Å². The number of hydrogen-bond acceptors (Lipinski definition) is 4. The van der Waals surface area contributed by atoms with Gasteiger partial charge in [-0.15, -0.1) is 0 Å². The van der Waals surface area contributed by atoms with Gasteiger partial charge in [0.25, 0.3) is 5.91 Å². The minimum absolute atomic E-state index is 0.0103. The van der Waals surface area contributed by atoms with Crippen LogP contribution in [0, 0.1) is 23.3 Å². The van der Waals surface area contributed by atoms with E-state index in [2.05, 4.69) is 10.1 Å². The van der Waals surface area contributed by atoms with Crippen LogP contribution in [-0.4, -0.2) is 29.2 Å². The maximum atomic E-state index is 13.9. The van der Waals surface area contributed by atoms with E-state index in [0.29, 0.717) is 0 Å². The van der Waals surface area contributed by atoms with Gasteiger partial charge in [0.05, 0.1) is 12.7 Å². The number of carboxylic acid groups (broad SMARTS) is 1. The summed E-state index contributed by atoms with van der Waals surface area (Å²) in [5, 5.41) is 12.7. The highest BCUT2D eigenvalue weighted by Crippen LogP contribution is 2.29. The molecule has 0 fully saturated rings. The molecule has 1 amide bonds. The second-order valence-electron chi connectivity index (χ2n) is 4.95. The summed E-state index contributed by atoms with van der Waals surface area (Å²) in [6.07, 6.45) is 0. The molecule has 27 heavy (non-hydrogen) atoms. The summed E-state index contributed by atoms with van der Waals surface area (Å²) in [5.41, 5.74) is -1.28. The first kappa shape index (κ1) is 20.1. The van der Waals surface area contributed by atoms with E-state index in [1.54, 1.807) is 0 Å². The van der Waals surface area contributed by atoms with E-state index in [-0.39, 0.29) is 11.3 Å². The maximum absolute atomic E-state index is 13.9. The predicted molar refractivity (Wildman–Crippen MR) is 89.9 cm³/mol. The van der Waals surface area contributed by atoms with Gasteiger partial charge in [-0.25, -0.2) is 13.6 Å². The minimum Gasteiger partial charge on any atom is -0.491 e. The molecule has 2 aromatic rings. The third kappa shape index (κ3) is 4.14. The van der Waals surface area contributed by atoms with Crippen LogP contribution in [0.25, 0.3) is 0 Å². The van der Waals surface area contributed by atoms with Crippen molar-refractivity contribution in [1.82, 2.24) is 5.32 Å². The molecule has 0 heterocycles. The van der Waals surface area contributed by atoms with Crippen LogP contribution in [0.1, 0.15) is 20.7 Å². The normalized spacial score (nSPS) is 10.3. The highest BCUT2D eigenvalue weighted by molar-refractivity contribution is 7.80. The standard InChI is InChI=1S/C16H10F4N2O4S/c1-26-13-11(19)9(17)8(10(18)12(13)20)14(23)22-16(27)21-7-4-2-6(3-5-7)15(24)25/h2-5H,1H3,(H,24,25)(H2,21,22,23,27). The molecule has 0 saturated carbocycles. The summed E-state index contributed by atoms with van der Waals surface area (Å²) in [7, 11) is 0.800. The van der Waals surface area contributed by atoms with E-state index in [4.69, 9.17) is 17.3 Å². The number of methoxy groups -OCH3 is 1. The summed E-state index contributed by atoms with van der Waals surface area (Å²) < 4.78 is 59.3. The van der Waals surface area contributed by atoms with Crippen molar-refractivity contribution in [1.29, 1.82) is 0 Å². The lowest BCUT2D eigenvalue weighted by Crippen LogP contribution is -2.35. The van der Waals surface area contributed by atoms with Crippen molar-refractivity contribution >= 4 is 34.9 Å². The molecule has 2 aromatic carbocycles. The lowest BCUT2D eigenvalue weighted by Gasteiger charge is -2.13. The van der Waals surface area contributed by atoms with Crippen LogP contribution in [0.5, 0.6) is 5.75 Å². The summed E-state index contributed by atoms with van der Waals surface area (Å²) in [5.74, 6) is -11.6. The van der Waals surface area contributed by atoms with Gasteiger partial charge < -0.3 is 15.2 Å². The average molecular weight is 402 g/mol. The first-order chi connectivity index (χ1) is 12.7. The summed E-state index contributed by atoms with van der Waals surface area (Å²) in [4.78, 5) is 22.7. The number of ether oxygens (including phenoxy) is 1. The molecule has 0 spiro atoms. The Hall–Kier alpha value is -3.21. The third-order valence-corrected chi connectivity index (χ3v) is 3.48. The summed E-state index contributed by atoms with van der Waals surface area (Å²) in [6.45, 7) is 0. The van der Waals surface area contributed by atoms with Crippen molar-refractivity contribution in [2.45, 2.75) is 0 Å². The number of amides is 1. The first-order valence-electron chi connectivity index (χ1n) is 7.03. The average Bonchev–Trinajstić information content (AvgIpc) is 2.61. The number of rotatable bonds is 4. The van der Waals surface area contributed by atoms with E-state index >= 15 is 0 Å². The molecule has 142 valence electrons. The Kier molecular flexibility index (Phi) is 5.95. The molecule has 0 aliphatic carbocycles. The van der Waals surface area contributed by atoms with Crippen molar-refractivity contribution in [3.05, 3.63) is 58.7 Å². The number of halogens is 4. The third-order valence-electron chi connectivity index (χ3n) is 3.27. The van der Waals surface area contributed by atoms with Gasteiger partial charge in [0.15, 0.2) is 22.5 Å².